The fourth-order valence-electron chi connectivity index (χ4n) is 4.96. The molecule has 6 heteroatoms. The summed E-state index contributed by atoms with van der Waals surface area (Å²) in [5, 5.41) is 11.1. The third kappa shape index (κ3) is 2.40. The molecule has 154 valence electrons. The molecule has 32 heavy (non-hydrogen) atoms. The summed E-state index contributed by atoms with van der Waals surface area (Å²) in [5.41, 5.74) is 5.75. The molecule has 6 rings (SSSR count). The molecule has 0 unspecified atom stereocenters. The summed E-state index contributed by atoms with van der Waals surface area (Å²) < 4.78 is 2.04. The van der Waals surface area contributed by atoms with Crippen LogP contribution in [0, 0.1) is 10.1 Å². The number of carbonyl (C=O) groups is 2. The van der Waals surface area contributed by atoms with E-state index in [1.165, 1.54) is 12.1 Å². The molecule has 4 aromatic rings. The molecule has 0 saturated carbocycles. The van der Waals surface area contributed by atoms with E-state index in [-0.39, 0.29) is 17.3 Å². The molecule has 3 aromatic carbocycles. The highest BCUT2D eigenvalue weighted by Crippen LogP contribution is 2.45. The van der Waals surface area contributed by atoms with Gasteiger partial charge in [-0.3, -0.25) is 19.7 Å². The van der Waals surface area contributed by atoms with Crippen molar-refractivity contribution < 1.29 is 14.5 Å². The Balaban J connectivity index is 1.70. The second-order valence-electron chi connectivity index (χ2n) is 8.01. The predicted molar refractivity (Wildman–Crippen MR) is 119 cm³/mol. The Morgan fingerprint density at radius 2 is 1.28 bits per heavy atom. The van der Waals surface area contributed by atoms with E-state index in [2.05, 4.69) is 0 Å². The number of non-ortho nitro benzene ring substituents is 1. The van der Waals surface area contributed by atoms with E-state index in [1.807, 2.05) is 28.8 Å². The van der Waals surface area contributed by atoms with Crippen molar-refractivity contribution in [3.05, 3.63) is 111 Å². The molecule has 2 aliphatic rings. The van der Waals surface area contributed by atoms with Crippen LogP contribution in [-0.2, 0) is 13.0 Å². The maximum atomic E-state index is 13.7. The normalized spacial score (nSPS) is 13.8. The lowest BCUT2D eigenvalue weighted by molar-refractivity contribution is -0.384. The van der Waals surface area contributed by atoms with Gasteiger partial charge in [0.25, 0.3) is 5.69 Å². The Morgan fingerprint density at radius 3 is 1.91 bits per heavy atom. The summed E-state index contributed by atoms with van der Waals surface area (Å²) in [5.74, 6) is -0.355. The fraction of sp³-hybridized carbons (Fsp3) is 0.0769. The molecule has 1 aliphatic heterocycles. The van der Waals surface area contributed by atoms with Crippen molar-refractivity contribution in [2.45, 2.75) is 13.0 Å². The van der Waals surface area contributed by atoms with Crippen LogP contribution in [0.15, 0.2) is 72.8 Å². The third-order valence-electron chi connectivity index (χ3n) is 6.36. The quantitative estimate of drug-likeness (QED) is 0.295. The van der Waals surface area contributed by atoms with Crippen molar-refractivity contribution in [3.8, 4) is 22.5 Å². The first-order valence-corrected chi connectivity index (χ1v) is 10.3. The van der Waals surface area contributed by atoms with E-state index in [1.54, 1.807) is 36.4 Å². The maximum absolute atomic E-state index is 13.7. The number of aryl methyl sites for hydroxylation is 1. The molecular weight excluding hydrogens is 404 g/mol. The van der Waals surface area contributed by atoms with Crippen LogP contribution in [0.4, 0.5) is 5.69 Å². The van der Waals surface area contributed by atoms with Gasteiger partial charge in [-0.05, 0) is 29.7 Å². The average Bonchev–Trinajstić information content (AvgIpc) is 3.19. The highest BCUT2D eigenvalue weighted by atomic mass is 16.6. The van der Waals surface area contributed by atoms with Gasteiger partial charge in [-0.25, -0.2) is 0 Å². The molecule has 0 saturated heterocycles. The number of nitro groups is 1. The summed E-state index contributed by atoms with van der Waals surface area (Å²) in [4.78, 5) is 38.0. The number of hydrogen-bond acceptors (Lipinski definition) is 4. The molecule has 0 fully saturated rings. The first kappa shape index (κ1) is 18.4. The lowest BCUT2D eigenvalue weighted by Gasteiger charge is -2.22. The number of rotatable bonds is 2. The van der Waals surface area contributed by atoms with Crippen molar-refractivity contribution in [1.82, 2.24) is 4.57 Å². The van der Waals surface area contributed by atoms with E-state index >= 15 is 0 Å². The smallest absolute Gasteiger partial charge is 0.269 e. The first-order valence-electron chi connectivity index (χ1n) is 10.3. The van der Waals surface area contributed by atoms with Crippen LogP contribution >= 0.6 is 0 Å². The van der Waals surface area contributed by atoms with E-state index in [0.717, 1.165) is 23.2 Å². The zero-order chi connectivity index (χ0) is 22.0. The standard InChI is InChI=1S/C26H16N2O4/c29-25-19-7-3-4-8-20(19)26(30)22-21(25)23(16-9-11-17(12-10-16)28(31)32)27-14-13-15-5-1-2-6-18(15)24(22)27/h1-12H,13-14H2. The zero-order valence-corrected chi connectivity index (χ0v) is 16.9. The summed E-state index contributed by atoms with van der Waals surface area (Å²) in [6.07, 6.45) is 0.770. The lowest BCUT2D eigenvalue weighted by atomic mass is 9.82. The Morgan fingerprint density at radius 1 is 0.719 bits per heavy atom. The van der Waals surface area contributed by atoms with Gasteiger partial charge in [0.1, 0.15) is 0 Å². The van der Waals surface area contributed by atoms with Crippen molar-refractivity contribution >= 4 is 17.3 Å². The van der Waals surface area contributed by atoms with Crippen molar-refractivity contribution in [3.63, 3.8) is 0 Å². The second kappa shape index (κ2) is 6.59. The Labute approximate surface area is 182 Å². The van der Waals surface area contributed by atoms with Crippen LogP contribution in [0.25, 0.3) is 22.5 Å². The van der Waals surface area contributed by atoms with Gasteiger partial charge in [-0.2, -0.15) is 0 Å². The van der Waals surface area contributed by atoms with Gasteiger partial charge < -0.3 is 4.57 Å². The minimum absolute atomic E-state index is 0.0221. The van der Waals surface area contributed by atoms with Crippen LogP contribution < -0.4 is 0 Å². The van der Waals surface area contributed by atoms with E-state index in [0.29, 0.717) is 40.1 Å². The Hall–Kier alpha value is -4.32. The van der Waals surface area contributed by atoms with Gasteiger partial charge in [-0.15, -0.1) is 0 Å². The number of nitrogens with zero attached hydrogens (tertiary/aromatic N) is 2. The van der Waals surface area contributed by atoms with Crippen molar-refractivity contribution in [2.24, 2.45) is 0 Å². The number of aromatic nitrogens is 1. The van der Waals surface area contributed by atoms with Crippen LogP contribution in [-0.4, -0.2) is 21.1 Å². The zero-order valence-electron chi connectivity index (χ0n) is 16.9. The van der Waals surface area contributed by atoms with Gasteiger partial charge in [0, 0.05) is 35.4 Å². The molecule has 0 amide bonds. The molecule has 1 aliphatic carbocycles. The first-order chi connectivity index (χ1) is 15.6. The van der Waals surface area contributed by atoms with Gasteiger partial charge in [0.15, 0.2) is 11.6 Å². The van der Waals surface area contributed by atoms with Gasteiger partial charge in [-0.1, -0.05) is 48.5 Å². The molecule has 0 bridgehead atoms. The summed E-state index contributed by atoms with van der Waals surface area (Å²) in [6.45, 7) is 0.614. The number of nitro benzene ring substituents is 1. The Bertz CT molecular complexity index is 1480. The lowest BCUT2D eigenvalue weighted by Crippen LogP contribution is -2.20. The molecule has 2 heterocycles. The highest BCUT2D eigenvalue weighted by Gasteiger charge is 2.39. The second-order valence-corrected chi connectivity index (χ2v) is 8.01. The van der Waals surface area contributed by atoms with E-state index < -0.39 is 4.92 Å². The van der Waals surface area contributed by atoms with E-state index in [4.69, 9.17) is 0 Å². The third-order valence-corrected chi connectivity index (χ3v) is 6.36. The molecule has 1 aromatic heterocycles. The minimum Gasteiger partial charge on any atom is -0.339 e. The number of fused-ring (bicyclic) bond motifs is 6. The number of carbonyl (C=O) groups excluding carboxylic acids is 2. The van der Waals surface area contributed by atoms with Crippen molar-refractivity contribution in [1.29, 1.82) is 0 Å². The van der Waals surface area contributed by atoms with Gasteiger partial charge >= 0.3 is 0 Å². The molecule has 0 N–H and O–H groups in total. The summed E-state index contributed by atoms with van der Waals surface area (Å²) in [7, 11) is 0. The molecular formula is C26H16N2O4. The highest BCUT2D eigenvalue weighted by molar-refractivity contribution is 6.32. The van der Waals surface area contributed by atoms with Crippen LogP contribution in [0.5, 0.6) is 0 Å². The molecule has 6 nitrogen and oxygen atoms in total. The number of ketones is 2. The topological polar surface area (TPSA) is 82.2 Å². The Kier molecular flexibility index (Phi) is 3.80. The number of benzene rings is 3. The predicted octanol–water partition coefficient (Wildman–Crippen LogP) is 5.06. The summed E-state index contributed by atoms with van der Waals surface area (Å²) in [6, 6.07) is 21.0. The van der Waals surface area contributed by atoms with Crippen molar-refractivity contribution in [2.75, 3.05) is 0 Å². The van der Waals surface area contributed by atoms with Crippen LogP contribution in [0.2, 0.25) is 0 Å². The largest absolute Gasteiger partial charge is 0.339 e. The van der Waals surface area contributed by atoms with E-state index in [9.17, 15) is 19.7 Å². The average molecular weight is 420 g/mol. The molecule has 0 atom stereocenters. The molecule has 0 radical (unpaired) electrons. The van der Waals surface area contributed by atoms with Gasteiger partial charge in [0.2, 0.25) is 0 Å². The molecule has 0 spiro atoms. The number of hydrogen-bond donors (Lipinski definition) is 0. The minimum atomic E-state index is -0.450. The fourth-order valence-corrected chi connectivity index (χ4v) is 4.96. The van der Waals surface area contributed by atoms with Crippen LogP contribution in [0.1, 0.15) is 37.4 Å². The monoisotopic (exact) mass is 420 g/mol. The maximum Gasteiger partial charge on any atom is 0.269 e. The van der Waals surface area contributed by atoms with Crippen LogP contribution in [0.3, 0.4) is 0 Å². The van der Waals surface area contributed by atoms with Gasteiger partial charge in [0.05, 0.1) is 27.4 Å². The SMILES string of the molecule is O=C1c2ccccc2C(=O)c2c1c(-c1ccc([N+](=O)[O-])cc1)n1c2-c2ccccc2CC1. The summed E-state index contributed by atoms with van der Waals surface area (Å²) >= 11 is 0.